The third-order valence-corrected chi connectivity index (χ3v) is 5.95. The summed E-state index contributed by atoms with van der Waals surface area (Å²) in [5.41, 5.74) is 1.02. The molecular weight excluding hydrogens is 528 g/mol. The van der Waals surface area contributed by atoms with E-state index in [1.807, 2.05) is 0 Å². The number of carbonyl (C=O) groups is 6. The predicted molar refractivity (Wildman–Crippen MR) is 140 cm³/mol. The SMILES string of the molecule is CCC(NC(=O)CN1C(=O)c2ccccc2C1=O)C(=O)O.O=C(O)c1ccccc1C(=O)c1cccc(Cl)c1. The number of hydrogen-bond acceptors (Lipinski definition) is 6. The van der Waals surface area contributed by atoms with Crippen molar-refractivity contribution in [3.63, 3.8) is 0 Å². The molecule has 0 saturated carbocycles. The highest BCUT2D eigenvalue weighted by molar-refractivity contribution is 6.31. The summed E-state index contributed by atoms with van der Waals surface area (Å²) >= 11 is 5.81. The third-order valence-electron chi connectivity index (χ3n) is 5.71. The van der Waals surface area contributed by atoms with Gasteiger partial charge in [-0.25, -0.2) is 9.59 Å². The monoisotopic (exact) mass is 550 g/mol. The quantitative estimate of drug-likeness (QED) is 0.284. The maximum atomic E-state index is 12.2. The number of aliphatic carboxylic acids is 1. The first-order chi connectivity index (χ1) is 18.5. The first kappa shape index (κ1) is 28.7. The van der Waals surface area contributed by atoms with Gasteiger partial charge in [-0.05, 0) is 36.8 Å². The predicted octanol–water partition coefficient (Wildman–Crippen LogP) is 3.53. The number of nitrogens with one attached hydrogen (secondary N) is 1. The maximum absolute atomic E-state index is 12.2. The van der Waals surface area contributed by atoms with Crippen molar-refractivity contribution in [2.45, 2.75) is 19.4 Å². The Kier molecular flexibility index (Phi) is 9.29. The number of benzene rings is 3. The van der Waals surface area contributed by atoms with Gasteiger partial charge in [0.1, 0.15) is 12.6 Å². The minimum absolute atomic E-state index is 0.0116. The molecule has 0 radical (unpaired) electrons. The Balaban J connectivity index is 0.000000218. The number of rotatable bonds is 8. The van der Waals surface area contributed by atoms with Gasteiger partial charge in [-0.2, -0.15) is 0 Å². The van der Waals surface area contributed by atoms with Crippen molar-refractivity contribution >= 4 is 47.0 Å². The Labute approximate surface area is 227 Å². The fourth-order valence-electron chi connectivity index (χ4n) is 3.76. The molecule has 0 aromatic heterocycles. The molecule has 11 heteroatoms. The molecule has 0 aliphatic carbocycles. The highest BCUT2D eigenvalue weighted by Gasteiger charge is 2.36. The molecule has 1 unspecified atom stereocenters. The summed E-state index contributed by atoms with van der Waals surface area (Å²) in [6.45, 7) is 1.12. The standard InChI is InChI=1S/C14H9ClO3.C14H14N2O5/c15-10-5-3-4-9(8-10)13(16)11-6-1-2-7-12(11)14(17)18;1-2-10(14(20)21)15-11(17)7-16-12(18)8-5-3-4-6-9(8)13(16)19/h1-8H,(H,17,18);3-6,10H,2,7H2,1H3,(H,15,17)(H,20,21). The molecule has 0 spiro atoms. The summed E-state index contributed by atoms with van der Waals surface area (Å²) in [7, 11) is 0. The average molecular weight is 551 g/mol. The van der Waals surface area contributed by atoms with Crippen LogP contribution in [0.2, 0.25) is 5.02 Å². The van der Waals surface area contributed by atoms with Gasteiger partial charge in [0.2, 0.25) is 5.91 Å². The van der Waals surface area contributed by atoms with Gasteiger partial charge in [0.25, 0.3) is 11.8 Å². The third kappa shape index (κ3) is 6.74. The number of carbonyl (C=O) groups excluding carboxylic acids is 4. The number of nitrogens with zero attached hydrogens (tertiary/aromatic N) is 1. The van der Waals surface area contributed by atoms with Crippen molar-refractivity contribution in [3.8, 4) is 0 Å². The molecule has 10 nitrogen and oxygen atoms in total. The topological polar surface area (TPSA) is 158 Å². The number of aromatic carboxylic acids is 1. The molecule has 1 aliphatic rings. The summed E-state index contributed by atoms with van der Waals surface area (Å²) < 4.78 is 0. The van der Waals surface area contributed by atoms with Crippen LogP contribution in [0.15, 0.2) is 72.8 Å². The highest BCUT2D eigenvalue weighted by Crippen LogP contribution is 2.22. The molecule has 0 bridgehead atoms. The summed E-state index contributed by atoms with van der Waals surface area (Å²) in [5.74, 6) is -4.41. The molecule has 1 atom stereocenters. The minimum Gasteiger partial charge on any atom is -0.480 e. The molecule has 1 aliphatic heterocycles. The Hall–Kier alpha value is -4.83. The maximum Gasteiger partial charge on any atom is 0.336 e. The number of carboxylic acids is 2. The summed E-state index contributed by atoms with van der Waals surface area (Å²) in [5, 5.41) is 20.6. The van der Waals surface area contributed by atoms with Crippen LogP contribution < -0.4 is 5.32 Å². The average Bonchev–Trinajstić information content (AvgIpc) is 3.16. The fourth-order valence-corrected chi connectivity index (χ4v) is 3.95. The number of fused-ring (bicyclic) bond motifs is 1. The second-order valence-corrected chi connectivity index (χ2v) is 8.74. The van der Waals surface area contributed by atoms with Crippen LogP contribution in [0.3, 0.4) is 0 Å². The Morgan fingerprint density at radius 2 is 1.41 bits per heavy atom. The molecule has 4 rings (SSSR count). The number of ketones is 1. The largest absolute Gasteiger partial charge is 0.480 e. The molecule has 3 aromatic rings. The van der Waals surface area contributed by atoms with Crippen LogP contribution in [0.1, 0.15) is 60.3 Å². The Morgan fingerprint density at radius 3 is 1.92 bits per heavy atom. The van der Waals surface area contributed by atoms with E-state index in [1.54, 1.807) is 49.4 Å². The van der Waals surface area contributed by atoms with Crippen LogP contribution in [0.4, 0.5) is 0 Å². The van der Waals surface area contributed by atoms with Gasteiger partial charge in [-0.15, -0.1) is 0 Å². The van der Waals surface area contributed by atoms with Crippen LogP contribution in [0, 0.1) is 0 Å². The van der Waals surface area contributed by atoms with Gasteiger partial charge < -0.3 is 15.5 Å². The summed E-state index contributed by atoms with van der Waals surface area (Å²) in [6, 6.07) is 17.8. The van der Waals surface area contributed by atoms with E-state index in [4.69, 9.17) is 21.8 Å². The first-order valence-corrected chi connectivity index (χ1v) is 12.0. The van der Waals surface area contributed by atoms with Crippen LogP contribution >= 0.6 is 11.6 Å². The van der Waals surface area contributed by atoms with Crippen molar-refractivity contribution in [1.82, 2.24) is 10.2 Å². The Morgan fingerprint density at radius 1 is 0.846 bits per heavy atom. The number of hydrogen-bond donors (Lipinski definition) is 3. The minimum atomic E-state index is -1.16. The number of imide groups is 1. The second-order valence-electron chi connectivity index (χ2n) is 8.30. The van der Waals surface area contributed by atoms with E-state index in [2.05, 4.69) is 5.32 Å². The van der Waals surface area contributed by atoms with Gasteiger partial charge in [-0.1, -0.05) is 61.0 Å². The lowest BCUT2D eigenvalue weighted by atomic mass is 9.98. The van der Waals surface area contributed by atoms with Crippen molar-refractivity contribution < 1.29 is 39.0 Å². The van der Waals surface area contributed by atoms with Crippen LogP contribution in [0.25, 0.3) is 0 Å². The van der Waals surface area contributed by atoms with Gasteiger partial charge in [0, 0.05) is 16.1 Å². The molecule has 200 valence electrons. The molecular formula is C28H23ClN2O8. The zero-order valence-corrected chi connectivity index (χ0v) is 21.3. The molecule has 3 aromatic carbocycles. The summed E-state index contributed by atoms with van der Waals surface area (Å²) in [4.78, 5) is 70.8. The van der Waals surface area contributed by atoms with E-state index in [0.29, 0.717) is 10.6 Å². The lowest BCUT2D eigenvalue weighted by Gasteiger charge is -2.16. The van der Waals surface area contributed by atoms with Gasteiger partial charge in [-0.3, -0.25) is 24.1 Å². The lowest BCUT2D eigenvalue weighted by Crippen LogP contribution is -2.46. The van der Waals surface area contributed by atoms with Crippen LogP contribution in [0.5, 0.6) is 0 Å². The van der Waals surface area contributed by atoms with Gasteiger partial charge in [0.15, 0.2) is 5.78 Å². The van der Waals surface area contributed by atoms with Crippen molar-refractivity contribution in [2.75, 3.05) is 6.54 Å². The van der Waals surface area contributed by atoms with Gasteiger partial charge >= 0.3 is 11.9 Å². The molecule has 3 N–H and O–H groups in total. The van der Waals surface area contributed by atoms with Crippen molar-refractivity contribution in [1.29, 1.82) is 0 Å². The Bertz CT molecular complexity index is 1430. The zero-order valence-electron chi connectivity index (χ0n) is 20.6. The van der Waals surface area contributed by atoms with Crippen molar-refractivity contribution in [3.05, 3.63) is 106 Å². The number of carboxylic acid groups (broad SMARTS) is 2. The van der Waals surface area contributed by atoms with E-state index >= 15 is 0 Å². The van der Waals surface area contributed by atoms with Crippen LogP contribution in [-0.4, -0.2) is 63.1 Å². The molecule has 1 heterocycles. The number of amides is 3. The normalized spacial score (nSPS) is 12.6. The molecule has 3 amide bonds. The van der Waals surface area contributed by atoms with Crippen molar-refractivity contribution in [2.24, 2.45) is 0 Å². The van der Waals surface area contributed by atoms with Gasteiger partial charge in [0.05, 0.1) is 16.7 Å². The van der Waals surface area contributed by atoms with E-state index in [-0.39, 0.29) is 34.5 Å². The van der Waals surface area contributed by atoms with E-state index in [0.717, 1.165) is 4.90 Å². The molecule has 0 saturated heterocycles. The van der Waals surface area contributed by atoms with Crippen LogP contribution in [-0.2, 0) is 9.59 Å². The first-order valence-electron chi connectivity index (χ1n) is 11.6. The smallest absolute Gasteiger partial charge is 0.336 e. The summed E-state index contributed by atoms with van der Waals surface area (Å²) in [6.07, 6.45) is 0.211. The lowest BCUT2D eigenvalue weighted by molar-refractivity contribution is -0.141. The molecule has 39 heavy (non-hydrogen) atoms. The second kappa shape index (κ2) is 12.6. The van der Waals surface area contributed by atoms with E-state index in [9.17, 15) is 28.8 Å². The fraction of sp³-hybridized carbons (Fsp3) is 0.143. The molecule has 0 fully saturated rings. The van der Waals surface area contributed by atoms with E-state index in [1.165, 1.54) is 30.3 Å². The highest BCUT2D eigenvalue weighted by atomic mass is 35.5. The number of halogens is 1. The van der Waals surface area contributed by atoms with E-state index < -0.39 is 42.2 Å². The zero-order chi connectivity index (χ0) is 28.7.